The number of likely N-dealkylation sites (N-methyl/N-ethyl adjacent to an activating group) is 1. The van der Waals surface area contributed by atoms with E-state index in [2.05, 4.69) is 55.3 Å². The third-order valence-corrected chi connectivity index (χ3v) is 3.52. The predicted molar refractivity (Wildman–Crippen MR) is 80.4 cm³/mol. The molecule has 1 aromatic carbocycles. The van der Waals surface area contributed by atoms with Crippen molar-refractivity contribution in [2.75, 3.05) is 7.05 Å². The van der Waals surface area contributed by atoms with Gasteiger partial charge in [0.25, 0.3) is 0 Å². The highest BCUT2D eigenvalue weighted by atomic mass is 14.9. The van der Waals surface area contributed by atoms with Crippen LogP contribution in [0.2, 0.25) is 0 Å². The molecule has 2 heteroatoms. The minimum absolute atomic E-state index is 0.315. The van der Waals surface area contributed by atoms with Crippen LogP contribution in [0.4, 0.5) is 0 Å². The number of rotatable bonds is 4. The Morgan fingerprint density at radius 2 is 1.79 bits per heavy atom. The van der Waals surface area contributed by atoms with Gasteiger partial charge in [-0.25, -0.2) is 0 Å². The Hall–Kier alpha value is -1.67. The molecule has 2 aromatic rings. The number of hydrogen-bond acceptors (Lipinski definition) is 2. The van der Waals surface area contributed by atoms with E-state index in [0.717, 1.165) is 6.42 Å². The Labute approximate surface area is 115 Å². The van der Waals surface area contributed by atoms with Crippen LogP contribution in [0.3, 0.4) is 0 Å². The van der Waals surface area contributed by atoms with Crippen molar-refractivity contribution in [1.82, 2.24) is 10.3 Å². The maximum absolute atomic E-state index is 4.25. The number of pyridine rings is 1. The van der Waals surface area contributed by atoms with Gasteiger partial charge in [-0.05, 0) is 57.0 Å². The summed E-state index contributed by atoms with van der Waals surface area (Å²) in [7, 11) is 2.01. The van der Waals surface area contributed by atoms with Crippen molar-refractivity contribution in [3.05, 3.63) is 64.5 Å². The standard InChI is InChI=1S/C17H22N2/c1-12-7-13(2)9-15(8-12)10-17(18-4)16-11-19-6-5-14(16)3/h5-9,11,17-18H,10H2,1-4H3. The van der Waals surface area contributed by atoms with Crippen LogP contribution in [0, 0.1) is 20.8 Å². The molecule has 0 fully saturated rings. The fraction of sp³-hybridized carbons (Fsp3) is 0.353. The third kappa shape index (κ3) is 3.42. The van der Waals surface area contributed by atoms with Crippen LogP contribution in [0.1, 0.15) is 33.9 Å². The van der Waals surface area contributed by atoms with E-state index in [4.69, 9.17) is 0 Å². The minimum atomic E-state index is 0.315. The maximum Gasteiger partial charge on any atom is 0.0376 e. The van der Waals surface area contributed by atoms with E-state index in [1.165, 1.54) is 27.8 Å². The summed E-state index contributed by atoms with van der Waals surface area (Å²) >= 11 is 0. The van der Waals surface area contributed by atoms with Crippen LogP contribution in [0.15, 0.2) is 36.7 Å². The molecule has 19 heavy (non-hydrogen) atoms. The molecule has 0 saturated heterocycles. The number of aryl methyl sites for hydroxylation is 3. The predicted octanol–water partition coefficient (Wildman–Crippen LogP) is 3.51. The van der Waals surface area contributed by atoms with Crippen molar-refractivity contribution >= 4 is 0 Å². The topological polar surface area (TPSA) is 24.9 Å². The van der Waals surface area contributed by atoms with Gasteiger partial charge >= 0.3 is 0 Å². The van der Waals surface area contributed by atoms with Crippen LogP contribution in [0.5, 0.6) is 0 Å². The normalized spacial score (nSPS) is 12.4. The summed E-state index contributed by atoms with van der Waals surface area (Å²) in [6.45, 7) is 6.45. The Morgan fingerprint density at radius 3 is 2.37 bits per heavy atom. The van der Waals surface area contributed by atoms with Gasteiger partial charge in [-0.2, -0.15) is 0 Å². The molecule has 0 aliphatic carbocycles. The highest BCUT2D eigenvalue weighted by molar-refractivity contribution is 5.32. The third-order valence-electron chi connectivity index (χ3n) is 3.52. The second-order valence-electron chi connectivity index (χ2n) is 5.27. The highest BCUT2D eigenvalue weighted by Gasteiger charge is 2.13. The molecule has 2 nitrogen and oxygen atoms in total. The van der Waals surface area contributed by atoms with Gasteiger partial charge in [0.05, 0.1) is 0 Å². The first-order valence-electron chi connectivity index (χ1n) is 6.75. The lowest BCUT2D eigenvalue weighted by molar-refractivity contribution is 0.586. The molecule has 0 amide bonds. The molecule has 0 aliphatic rings. The fourth-order valence-electron chi connectivity index (χ4n) is 2.63. The van der Waals surface area contributed by atoms with Crippen molar-refractivity contribution < 1.29 is 0 Å². The van der Waals surface area contributed by atoms with E-state index in [1.54, 1.807) is 0 Å². The average Bonchev–Trinajstić information content (AvgIpc) is 2.36. The van der Waals surface area contributed by atoms with Crippen LogP contribution in [-0.2, 0) is 6.42 Å². The molecular weight excluding hydrogens is 232 g/mol. The van der Waals surface area contributed by atoms with Crippen molar-refractivity contribution in [2.24, 2.45) is 0 Å². The van der Waals surface area contributed by atoms with E-state index in [9.17, 15) is 0 Å². The first-order valence-corrected chi connectivity index (χ1v) is 6.75. The first kappa shape index (κ1) is 13.8. The van der Waals surface area contributed by atoms with Crippen molar-refractivity contribution in [3.63, 3.8) is 0 Å². The molecule has 1 heterocycles. The molecule has 0 saturated carbocycles. The van der Waals surface area contributed by atoms with Gasteiger partial charge in [0.15, 0.2) is 0 Å². The number of hydrogen-bond donors (Lipinski definition) is 1. The first-order chi connectivity index (χ1) is 9.10. The zero-order chi connectivity index (χ0) is 13.8. The summed E-state index contributed by atoms with van der Waals surface area (Å²) in [5.41, 5.74) is 6.60. The van der Waals surface area contributed by atoms with E-state index in [0.29, 0.717) is 6.04 Å². The molecular formula is C17H22N2. The lowest BCUT2D eigenvalue weighted by Crippen LogP contribution is -2.20. The molecule has 0 radical (unpaired) electrons. The highest BCUT2D eigenvalue weighted by Crippen LogP contribution is 2.21. The van der Waals surface area contributed by atoms with Crippen molar-refractivity contribution in [1.29, 1.82) is 0 Å². The average molecular weight is 254 g/mol. The monoisotopic (exact) mass is 254 g/mol. The van der Waals surface area contributed by atoms with Gasteiger partial charge in [-0.15, -0.1) is 0 Å². The van der Waals surface area contributed by atoms with Crippen LogP contribution in [0.25, 0.3) is 0 Å². The van der Waals surface area contributed by atoms with E-state index >= 15 is 0 Å². The van der Waals surface area contributed by atoms with E-state index in [-0.39, 0.29) is 0 Å². The Bertz CT molecular complexity index is 541. The van der Waals surface area contributed by atoms with Gasteiger partial charge in [0.1, 0.15) is 0 Å². The molecule has 2 rings (SSSR count). The lowest BCUT2D eigenvalue weighted by atomic mass is 9.95. The summed E-state index contributed by atoms with van der Waals surface area (Å²) in [5, 5.41) is 3.41. The van der Waals surface area contributed by atoms with Crippen molar-refractivity contribution in [3.8, 4) is 0 Å². The Morgan fingerprint density at radius 1 is 1.11 bits per heavy atom. The van der Waals surface area contributed by atoms with Crippen molar-refractivity contribution in [2.45, 2.75) is 33.2 Å². The molecule has 0 bridgehead atoms. The molecule has 1 unspecified atom stereocenters. The van der Waals surface area contributed by atoms with Gasteiger partial charge < -0.3 is 5.32 Å². The molecule has 0 spiro atoms. The van der Waals surface area contributed by atoms with Crippen LogP contribution in [-0.4, -0.2) is 12.0 Å². The van der Waals surface area contributed by atoms with E-state index < -0.39 is 0 Å². The van der Waals surface area contributed by atoms with Gasteiger partial charge in [-0.1, -0.05) is 29.3 Å². The lowest BCUT2D eigenvalue weighted by Gasteiger charge is -2.19. The fourth-order valence-corrected chi connectivity index (χ4v) is 2.63. The van der Waals surface area contributed by atoms with Gasteiger partial charge in [-0.3, -0.25) is 4.98 Å². The van der Waals surface area contributed by atoms with Gasteiger partial charge in [0.2, 0.25) is 0 Å². The smallest absolute Gasteiger partial charge is 0.0376 e. The second kappa shape index (κ2) is 5.98. The van der Waals surface area contributed by atoms with E-state index in [1.807, 2.05) is 19.4 Å². The van der Waals surface area contributed by atoms with Crippen LogP contribution >= 0.6 is 0 Å². The summed E-state index contributed by atoms with van der Waals surface area (Å²) in [5.74, 6) is 0. The van der Waals surface area contributed by atoms with Gasteiger partial charge in [0, 0.05) is 18.4 Å². The van der Waals surface area contributed by atoms with Crippen LogP contribution < -0.4 is 5.32 Å². The molecule has 100 valence electrons. The molecule has 1 atom stereocenters. The Kier molecular flexibility index (Phi) is 4.33. The summed E-state index contributed by atoms with van der Waals surface area (Å²) in [6.07, 6.45) is 4.81. The number of aromatic nitrogens is 1. The molecule has 0 aliphatic heterocycles. The summed E-state index contributed by atoms with van der Waals surface area (Å²) in [6, 6.07) is 9.13. The SMILES string of the molecule is CNC(Cc1cc(C)cc(C)c1)c1cnccc1C. The zero-order valence-corrected chi connectivity index (χ0v) is 12.2. The number of benzene rings is 1. The summed E-state index contributed by atoms with van der Waals surface area (Å²) in [4.78, 5) is 4.25. The minimum Gasteiger partial charge on any atom is -0.313 e. The Balaban J connectivity index is 2.26. The second-order valence-corrected chi connectivity index (χ2v) is 5.27. The number of nitrogens with one attached hydrogen (secondary N) is 1. The maximum atomic E-state index is 4.25. The summed E-state index contributed by atoms with van der Waals surface area (Å²) < 4.78 is 0. The largest absolute Gasteiger partial charge is 0.313 e. The quantitative estimate of drug-likeness (QED) is 0.903. The number of nitrogens with zero attached hydrogens (tertiary/aromatic N) is 1. The zero-order valence-electron chi connectivity index (χ0n) is 12.2. The molecule has 1 N–H and O–H groups in total. The molecule has 1 aromatic heterocycles.